The molecule has 2 aliphatic rings. The molecule has 1 aliphatic carbocycles. The lowest BCUT2D eigenvalue weighted by molar-refractivity contribution is -0.123. The number of sulfonamides is 1. The first kappa shape index (κ1) is 32.0. The largest absolute Gasteiger partial charge is 0.390 e. The number of benzene rings is 2. The van der Waals surface area contributed by atoms with Crippen LogP contribution in [0.25, 0.3) is 10.9 Å². The van der Waals surface area contributed by atoms with Crippen LogP contribution in [0.2, 0.25) is 0 Å². The van der Waals surface area contributed by atoms with Gasteiger partial charge < -0.3 is 25.6 Å². The van der Waals surface area contributed by atoms with Crippen LogP contribution in [0.3, 0.4) is 0 Å². The van der Waals surface area contributed by atoms with Gasteiger partial charge in [-0.2, -0.15) is 0 Å². The monoisotopic (exact) mass is 623 g/mol. The molecular weight excluding hydrogens is 578 g/mol. The lowest BCUT2D eigenvalue weighted by Crippen LogP contribution is -2.53. The van der Waals surface area contributed by atoms with Gasteiger partial charge in [0.05, 0.1) is 35.1 Å². The number of nitrogens with zero attached hydrogens (tertiary/aromatic N) is 2. The Kier molecular flexibility index (Phi) is 9.97. The minimum Gasteiger partial charge on any atom is -0.390 e. The zero-order chi connectivity index (χ0) is 31.4. The van der Waals surface area contributed by atoms with Crippen LogP contribution in [0.5, 0.6) is 0 Å². The van der Waals surface area contributed by atoms with E-state index < -0.39 is 34.1 Å². The van der Waals surface area contributed by atoms with Crippen LogP contribution in [0, 0.1) is 0 Å². The predicted octanol–water partition coefficient (Wildman–Crippen LogP) is 3.11. The molecule has 44 heavy (non-hydrogen) atoms. The highest BCUT2D eigenvalue weighted by molar-refractivity contribution is 7.92. The molecule has 1 aromatic heterocycles. The number of amides is 2. The summed E-state index contributed by atoms with van der Waals surface area (Å²) >= 11 is 0. The Morgan fingerprint density at radius 1 is 1.09 bits per heavy atom. The summed E-state index contributed by atoms with van der Waals surface area (Å²) in [6, 6.07) is 12.1. The van der Waals surface area contributed by atoms with E-state index in [2.05, 4.69) is 16.0 Å². The Balaban J connectivity index is 1.36. The van der Waals surface area contributed by atoms with E-state index >= 15 is 0 Å². The lowest BCUT2D eigenvalue weighted by atomic mass is 9.95. The SMILES string of the molecule is CCc1cn2c3c(cc(C(=O)N[C@@H](Cc4ccccc4)[C@H](O)CN[C@@H](C)C(=O)NC4CCCCC4)cc13)N(C)S(=O)(=O)CC2. The molecule has 2 heterocycles. The number of aromatic nitrogens is 1. The summed E-state index contributed by atoms with van der Waals surface area (Å²) in [6.45, 7) is 4.26. The first-order valence-corrected chi connectivity index (χ1v) is 17.4. The van der Waals surface area contributed by atoms with E-state index in [9.17, 15) is 23.1 Å². The van der Waals surface area contributed by atoms with Crippen LogP contribution in [-0.2, 0) is 34.2 Å². The van der Waals surface area contributed by atoms with Crippen molar-refractivity contribution < 1.29 is 23.1 Å². The molecule has 11 heteroatoms. The molecule has 0 radical (unpaired) electrons. The quantitative estimate of drug-likeness (QED) is 0.260. The van der Waals surface area contributed by atoms with E-state index in [1.807, 2.05) is 54.1 Å². The number of carbonyl (C=O) groups excluding carboxylic acids is 2. The van der Waals surface area contributed by atoms with Crippen LogP contribution >= 0.6 is 0 Å². The van der Waals surface area contributed by atoms with Crippen LogP contribution in [0.1, 0.15) is 67.4 Å². The van der Waals surface area contributed by atoms with Crippen molar-refractivity contribution in [3.63, 3.8) is 0 Å². The number of hydrogen-bond donors (Lipinski definition) is 4. The normalized spacial score (nSPS) is 18.8. The number of anilines is 1. The molecule has 3 aromatic rings. The summed E-state index contributed by atoms with van der Waals surface area (Å²) in [4.78, 5) is 26.6. The van der Waals surface area contributed by atoms with E-state index in [1.165, 1.54) is 17.8 Å². The highest BCUT2D eigenvalue weighted by Crippen LogP contribution is 2.35. The summed E-state index contributed by atoms with van der Waals surface area (Å²) in [7, 11) is -2.03. The Morgan fingerprint density at radius 2 is 1.82 bits per heavy atom. The average Bonchev–Trinajstić information content (AvgIpc) is 3.35. The second kappa shape index (κ2) is 13.7. The highest BCUT2D eigenvalue weighted by Gasteiger charge is 2.30. The third-order valence-corrected chi connectivity index (χ3v) is 10.8. The number of aliphatic hydroxyl groups excluding tert-OH is 1. The van der Waals surface area contributed by atoms with Gasteiger partial charge in [0.25, 0.3) is 5.91 Å². The fourth-order valence-corrected chi connectivity index (χ4v) is 7.47. The Morgan fingerprint density at radius 3 is 2.52 bits per heavy atom. The molecule has 0 unspecified atom stereocenters. The molecule has 3 atom stereocenters. The Labute approximate surface area is 260 Å². The van der Waals surface area contributed by atoms with Gasteiger partial charge in [-0.15, -0.1) is 0 Å². The fourth-order valence-electron chi connectivity index (χ4n) is 6.33. The number of rotatable bonds is 11. The van der Waals surface area contributed by atoms with Crippen molar-refractivity contribution in [2.24, 2.45) is 0 Å². The zero-order valence-corrected chi connectivity index (χ0v) is 26.7. The van der Waals surface area contributed by atoms with Crippen molar-refractivity contribution >= 4 is 38.4 Å². The molecular formula is C33H45N5O5S. The van der Waals surface area contributed by atoms with Crippen molar-refractivity contribution in [1.82, 2.24) is 20.5 Å². The summed E-state index contributed by atoms with van der Waals surface area (Å²) in [5.74, 6) is -0.526. The third kappa shape index (κ3) is 7.11. The molecule has 2 amide bonds. The zero-order valence-electron chi connectivity index (χ0n) is 25.9. The molecule has 238 valence electrons. The maximum absolute atomic E-state index is 13.8. The summed E-state index contributed by atoms with van der Waals surface area (Å²) in [5, 5.41) is 21.5. The van der Waals surface area contributed by atoms with Gasteiger partial charge in [0, 0.05) is 43.3 Å². The summed E-state index contributed by atoms with van der Waals surface area (Å²) in [6.07, 6.45) is 7.53. The Hall–Kier alpha value is -3.41. The van der Waals surface area contributed by atoms with Crippen LogP contribution in [-0.4, -0.2) is 73.5 Å². The van der Waals surface area contributed by atoms with Gasteiger partial charge in [-0.05, 0) is 55.9 Å². The maximum Gasteiger partial charge on any atom is 0.251 e. The van der Waals surface area contributed by atoms with E-state index in [0.717, 1.165) is 54.1 Å². The second-order valence-corrected chi connectivity index (χ2v) is 14.3. The lowest BCUT2D eigenvalue weighted by Gasteiger charge is -2.28. The average molecular weight is 624 g/mol. The molecule has 1 saturated carbocycles. The molecule has 0 bridgehead atoms. The van der Waals surface area contributed by atoms with Crippen molar-refractivity contribution in [1.29, 1.82) is 0 Å². The molecule has 1 fully saturated rings. The fraction of sp³-hybridized carbons (Fsp3) is 0.515. The standard InChI is InChI=1S/C33H45N5O5S/c1-4-24-21-38-15-16-44(42,43)37(3)29-19-25(18-27(24)31(29)38)33(41)36-28(17-23-11-7-5-8-12-23)30(39)20-34-22(2)32(40)35-26-13-9-6-10-14-26/h5,7-8,11-12,18-19,21-22,26,28,30,34,39H,4,6,9-10,13-17,20H2,1-3H3,(H,35,40)(H,36,41)/t22-,28-,30+/m0/s1. The first-order valence-electron chi connectivity index (χ1n) is 15.8. The molecule has 4 N–H and O–H groups in total. The van der Waals surface area contributed by atoms with Crippen molar-refractivity contribution in [3.05, 3.63) is 65.4 Å². The number of carbonyl (C=O) groups is 2. The van der Waals surface area contributed by atoms with Gasteiger partial charge in [-0.1, -0.05) is 56.5 Å². The summed E-state index contributed by atoms with van der Waals surface area (Å²) in [5.41, 5.74) is 3.56. The molecule has 10 nitrogen and oxygen atoms in total. The third-order valence-electron chi connectivity index (χ3n) is 9.08. The van der Waals surface area contributed by atoms with Gasteiger partial charge in [0.2, 0.25) is 15.9 Å². The van der Waals surface area contributed by atoms with Crippen LogP contribution in [0.15, 0.2) is 48.7 Å². The first-order chi connectivity index (χ1) is 21.1. The van der Waals surface area contributed by atoms with E-state index in [-0.39, 0.29) is 24.2 Å². The van der Waals surface area contributed by atoms with Crippen molar-refractivity contribution in [2.75, 3.05) is 23.7 Å². The molecule has 2 aromatic carbocycles. The van der Waals surface area contributed by atoms with Gasteiger partial charge in [0.15, 0.2) is 0 Å². The summed E-state index contributed by atoms with van der Waals surface area (Å²) < 4.78 is 29.1. The minimum absolute atomic E-state index is 0.0257. The van der Waals surface area contributed by atoms with Crippen molar-refractivity contribution in [3.8, 4) is 0 Å². The van der Waals surface area contributed by atoms with Crippen molar-refractivity contribution in [2.45, 2.75) is 89.6 Å². The molecule has 0 spiro atoms. The molecule has 0 saturated heterocycles. The number of aliphatic hydroxyl groups is 1. The molecule has 1 aliphatic heterocycles. The highest BCUT2D eigenvalue weighted by atomic mass is 32.2. The van der Waals surface area contributed by atoms with Gasteiger partial charge >= 0.3 is 0 Å². The van der Waals surface area contributed by atoms with E-state index in [0.29, 0.717) is 24.2 Å². The number of hydrogen-bond acceptors (Lipinski definition) is 6. The second-order valence-electron chi connectivity index (χ2n) is 12.2. The minimum atomic E-state index is -3.55. The van der Waals surface area contributed by atoms with Gasteiger partial charge in [-0.25, -0.2) is 8.42 Å². The van der Waals surface area contributed by atoms with E-state index in [1.54, 1.807) is 13.0 Å². The number of aryl methyl sites for hydroxylation is 2. The topological polar surface area (TPSA) is 133 Å². The van der Waals surface area contributed by atoms with Crippen LogP contribution < -0.4 is 20.3 Å². The van der Waals surface area contributed by atoms with Gasteiger partial charge in [0.1, 0.15) is 0 Å². The van der Waals surface area contributed by atoms with Crippen LogP contribution in [0.4, 0.5) is 5.69 Å². The molecule has 5 rings (SSSR count). The maximum atomic E-state index is 13.8. The van der Waals surface area contributed by atoms with Gasteiger partial charge in [-0.3, -0.25) is 13.9 Å². The Bertz CT molecular complexity index is 1580. The predicted molar refractivity (Wildman–Crippen MR) is 173 cm³/mol. The number of nitrogens with one attached hydrogen (secondary N) is 3. The van der Waals surface area contributed by atoms with E-state index in [4.69, 9.17) is 0 Å². The smallest absolute Gasteiger partial charge is 0.251 e.